The van der Waals surface area contributed by atoms with Gasteiger partial charge in [0.1, 0.15) is 31.2 Å². The largest absolute Gasteiger partial charge is 0.459 e. The van der Waals surface area contributed by atoms with E-state index in [0.717, 1.165) is 0 Å². The predicted molar refractivity (Wildman–Crippen MR) is 134 cm³/mol. The number of carbonyl (C=O) groups excluding carboxylic acids is 2. The van der Waals surface area contributed by atoms with Crippen LogP contribution in [0.1, 0.15) is 40.8 Å². The lowest BCUT2D eigenvalue weighted by molar-refractivity contribution is -0.199. The molecule has 1 amide bonds. The molecule has 2 aromatic heterocycles. The highest BCUT2D eigenvalue weighted by Crippen LogP contribution is 2.44. The van der Waals surface area contributed by atoms with E-state index >= 15 is 0 Å². The van der Waals surface area contributed by atoms with Crippen LogP contribution in [0, 0.1) is 0 Å². The number of nitrogens with one attached hydrogen (secondary N) is 1. The minimum Gasteiger partial charge on any atom is -0.459 e. The minimum absolute atomic E-state index is 0.0230. The van der Waals surface area contributed by atoms with Crippen molar-refractivity contribution in [2.24, 2.45) is 0 Å². The number of rotatable bonds is 6. The van der Waals surface area contributed by atoms with E-state index in [1.54, 1.807) is 59.4 Å². The summed E-state index contributed by atoms with van der Waals surface area (Å²) in [5, 5.41) is 2.80. The van der Waals surface area contributed by atoms with Crippen molar-refractivity contribution in [1.29, 1.82) is 0 Å². The number of esters is 1. The second kappa shape index (κ2) is 9.60. The summed E-state index contributed by atoms with van der Waals surface area (Å²) in [4.78, 5) is 38.3. The third-order valence-electron chi connectivity index (χ3n) is 6.41. The number of amides is 1. The van der Waals surface area contributed by atoms with E-state index in [1.807, 2.05) is 26.0 Å². The molecule has 11 heteroatoms. The summed E-state index contributed by atoms with van der Waals surface area (Å²) in [6, 6.07) is 17.6. The quantitative estimate of drug-likeness (QED) is 0.385. The molecule has 2 aromatic carbocycles. The lowest BCUT2D eigenvalue weighted by Gasteiger charge is -2.24. The number of hydrogen-bond donors (Lipinski definition) is 1. The molecule has 0 bridgehead atoms. The molecule has 38 heavy (non-hydrogen) atoms. The first-order valence-corrected chi connectivity index (χ1v) is 12.2. The van der Waals surface area contributed by atoms with E-state index in [4.69, 9.17) is 18.9 Å². The van der Waals surface area contributed by atoms with Gasteiger partial charge in [-0.05, 0) is 38.1 Å². The molecule has 2 aliphatic heterocycles. The fraction of sp³-hybridized carbons (Fsp3) is 0.296. The lowest BCUT2D eigenvalue weighted by atomic mass is 10.1. The van der Waals surface area contributed by atoms with E-state index in [1.165, 1.54) is 6.33 Å². The van der Waals surface area contributed by atoms with Gasteiger partial charge in [0.25, 0.3) is 5.91 Å². The molecule has 1 N–H and O–H groups in total. The maximum Gasteiger partial charge on any atom is 0.338 e. The second-order valence-electron chi connectivity index (χ2n) is 9.46. The lowest BCUT2D eigenvalue weighted by Crippen LogP contribution is -2.33. The van der Waals surface area contributed by atoms with Gasteiger partial charge in [-0.25, -0.2) is 19.7 Å². The zero-order chi connectivity index (χ0) is 26.3. The maximum absolute atomic E-state index is 12.7. The summed E-state index contributed by atoms with van der Waals surface area (Å²) in [6.07, 6.45) is 0.653. The Morgan fingerprint density at radius 1 is 0.947 bits per heavy atom. The van der Waals surface area contributed by atoms with Gasteiger partial charge in [-0.1, -0.05) is 36.4 Å². The summed E-state index contributed by atoms with van der Waals surface area (Å²) in [6.45, 7) is 3.62. The average Bonchev–Trinajstić information content (AvgIpc) is 3.59. The van der Waals surface area contributed by atoms with Crippen molar-refractivity contribution in [2.45, 2.75) is 44.2 Å². The van der Waals surface area contributed by atoms with Crippen LogP contribution in [-0.2, 0) is 18.9 Å². The molecule has 2 saturated heterocycles. The Labute approximate surface area is 217 Å². The minimum atomic E-state index is -0.862. The van der Waals surface area contributed by atoms with Crippen LogP contribution in [-0.4, -0.2) is 62.1 Å². The molecule has 0 spiro atoms. The Balaban J connectivity index is 1.25. The number of nitrogens with zero attached hydrogens (tertiary/aromatic N) is 4. The summed E-state index contributed by atoms with van der Waals surface area (Å²) < 4.78 is 25.9. The number of ether oxygens (including phenoxy) is 4. The molecule has 0 radical (unpaired) electrons. The van der Waals surface area contributed by atoms with Gasteiger partial charge in [0.2, 0.25) is 0 Å². The van der Waals surface area contributed by atoms with Crippen molar-refractivity contribution < 1.29 is 28.5 Å². The molecular weight excluding hydrogens is 490 g/mol. The van der Waals surface area contributed by atoms with E-state index in [9.17, 15) is 9.59 Å². The smallest absolute Gasteiger partial charge is 0.338 e. The van der Waals surface area contributed by atoms with Crippen molar-refractivity contribution in [2.75, 3.05) is 11.9 Å². The summed E-state index contributed by atoms with van der Waals surface area (Å²) in [5.74, 6) is -1.35. The van der Waals surface area contributed by atoms with Crippen molar-refractivity contribution in [3.05, 3.63) is 84.4 Å². The molecule has 6 rings (SSSR count). The Morgan fingerprint density at radius 3 is 2.37 bits per heavy atom. The topological polar surface area (TPSA) is 127 Å². The molecule has 0 unspecified atom stereocenters. The van der Waals surface area contributed by atoms with Crippen molar-refractivity contribution >= 4 is 28.9 Å². The Bertz CT molecular complexity index is 1480. The molecule has 4 heterocycles. The highest BCUT2D eigenvalue weighted by Gasteiger charge is 2.56. The average molecular weight is 516 g/mol. The number of hydrogen-bond acceptors (Lipinski definition) is 9. The molecule has 0 aliphatic carbocycles. The van der Waals surface area contributed by atoms with Gasteiger partial charge in [0, 0.05) is 5.56 Å². The standard InChI is InChI=1S/C27H25N5O6/c1-27(2)37-20-18(13-35-26(34)17-11-7-4-8-12-17)36-25(21(20)38-27)32-15-30-19-22(28-14-29-23(19)32)31-24(33)16-9-5-3-6-10-16/h3-12,14-15,18,20-21,25H,13H2,1-2H3,(H,28,29,31,33)/t18-,20-,21-,25-/m1/s1. The van der Waals surface area contributed by atoms with Crippen LogP contribution in [0.25, 0.3) is 11.2 Å². The molecule has 2 fully saturated rings. The molecule has 194 valence electrons. The number of fused-ring (bicyclic) bond motifs is 2. The second-order valence-corrected chi connectivity index (χ2v) is 9.46. The van der Waals surface area contributed by atoms with Crippen LogP contribution in [0.3, 0.4) is 0 Å². The van der Waals surface area contributed by atoms with Crippen LogP contribution in [0.5, 0.6) is 0 Å². The van der Waals surface area contributed by atoms with Gasteiger partial charge in [0.05, 0.1) is 11.9 Å². The fourth-order valence-electron chi connectivity index (χ4n) is 4.73. The van der Waals surface area contributed by atoms with Gasteiger partial charge >= 0.3 is 5.97 Å². The molecular formula is C27H25N5O6. The van der Waals surface area contributed by atoms with Gasteiger partial charge in [-0.2, -0.15) is 0 Å². The predicted octanol–water partition coefficient (Wildman–Crippen LogP) is 3.35. The van der Waals surface area contributed by atoms with E-state index in [0.29, 0.717) is 22.3 Å². The number of anilines is 1. The van der Waals surface area contributed by atoms with Gasteiger partial charge < -0.3 is 24.3 Å². The van der Waals surface area contributed by atoms with Gasteiger partial charge in [-0.3, -0.25) is 9.36 Å². The van der Waals surface area contributed by atoms with Crippen LogP contribution in [0.2, 0.25) is 0 Å². The highest BCUT2D eigenvalue weighted by molar-refractivity contribution is 6.06. The summed E-state index contributed by atoms with van der Waals surface area (Å²) in [7, 11) is 0. The van der Waals surface area contributed by atoms with E-state index in [-0.39, 0.29) is 18.3 Å². The van der Waals surface area contributed by atoms with Crippen molar-refractivity contribution in [3.63, 3.8) is 0 Å². The van der Waals surface area contributed by atoms with Crippen molar-refractivity contribution in [3.8, 4) is 0 Å². The van der Waals surface area contributed by atoms with E-state index < -0.39 is 36.3 Å². The molecule has 11 nitrogen and oxygen atoms in total. The molecule has 0 saturated carbocycles. The maximum atomic E-state index is 12.7. The normalized spacial score (nSPS) is 23.7. The number of imidazole rings is 1. The van der Waals surface area contributed by atoms with Gasteiger partial charge in [-0.15, -0.1) is 0 Å². The first-order valence-electron chi connectivity index (χ1n) is 12.2. The number of carbonyl (C=O) groups is 2. The number of benzene rings is 2. The Morgan fingerprint density at radius 2 is 1.63 bits per heavy atom. The van der Waals surface area contributed by atoms with Gasteiger partial charge in [0.15, 0.2) is 29.0 Å². The van der Waals surface area contributed by atoms with Crippen LogP contribution < -0.4 is 5.32 Å². The van der Waals surface area contributed by atoms with Crippen LogP contribution in [0.15, 0.2) is 73.3 Å². The Kier molecular flexibility index (Phi) is 6.10. The first-order chi connectivity index (χ1) is 18.4. The van der Waals surface area contributed by atoms with Crippen LogP contribution >= 0.6 is 0 Å². The molecule has 2 aliphatic rings. The summed E-state index contributed by atoms with van der Waals surface area (Å²) >= 11 is 0. The van der Waals surface area contributed by atoms with Crippen LogP contribution in [0.4, 0.5) is 5.82 Å². The third kappa shape index (κ3) is 4.51. The zero-order valence-electron chi connectivity index (χ0n) is 20.7. The number of aromatic nitrogens is 4. The van der Waals surface area contributed by atoms with Crippen molar-refractivity contribution in [1.82, 2.24) is 19.5 Å². The monoisotopic (exact) mass is 515 g/mol. The molecule has 4 aromatic rings. The third-order valence-corrected chi connectivity index (χ3v) is 6.41. The first kappa shape index (κ1) is 24.2. The molecule has 4 atom stereocenters. The highest BCUT2D eigenvalue weighted by atomic mass is 16.8. The summed E-state index contributed by atoms with van der Waals surface area (Å²) in [5.41, 5.74) is 1.79. The zero-order valence-corrected chi connectivity index (χ0v) is 20.7. The van der Waals surface area contributed by atoms with E-state index in [2.05, 4.69) is 20.3 Å². The fourth-order valence-corrected chi connectivity index (χ4v) is 4.73. The Hall–Kier alpha value is -4.19. The SMILES string of the molecule is CC1(C)O[C@@H]2[C@H](O1)[C@@H](COC(=O)c1ccccc1)O[C@H]2n1cnc2c(NC(=O)c3ccccc3)ncnc21.